The zero-order chi connectivity index (χ0) is 18.7. The van der Waals surface area contributed by atoms with Crippen LogP contribution in [-0.2, 0) is 0 Å². The predicted molar refractivity (Wildman–Crippen MR) is 93.8 cm³/mol. The lowest BCUT2D eigenvalue weighted by Crippen LogP contribution is -2.42. The molecular weight excluding hydrogens is 336 g/mol. The van der Waals surface area contributed by atoms with E-state index in [1.165, 1.54) is 12.3 Å². The molecule has 134 valence electrons. The van der Waals surface area contributed by atoms with Gasteiger partial charge in [0.2, 0.25) is 0 Å². The molecule has 1 aliphatic rings. The predicted octanol–water partition coefficient (Wildman–Crippen LogP) is 3.08. The number of nitrogens with one attached hydrogen (secondary N) is 1. The van der Waals surface area contributed by atoms with Gasteiger partial charge in [-0.3, -0.25) is 14.9 Å². The van der Waals surface area contributed by atoms with Crippen molar-refractivity contribution in [1.29, 1.82) is 5.26 Å². The van der Waals surface area contributed by atoms with Gasteiger partial charge in [0.05, 0.1) is 28.4 Å². The van der Waals surface area contributed by atoms with Gasteiger partial charge in [0, 0.05) is 25.2 Å². The Labute approximate surface area is 150 Å². The number of amides is 1. The Balaban J connectivity index is 1.65. The smallest absolute Gasteiger partial charge is 0.293 e. The Morgan fingerprint density at radius 3 is 2.69 bits per heavy atom. The second kappa shape index (κ2) is 7.27. The molecule has 1 aromatic heterocycles. The quantitative estimate of drug-likeness (QED) is 0.667. The van der Waals surface area contributed by atoms with Crippen LogP contribution in [0, 0.1) is 28.4 Å². The van der Waals surface area contributed by atoms with Crippen molar-refractivity contribution >= 4 is 17.3 Å². The fourth-order valence-corrected chi connectivity index (χ4v) is 3.10. The number of rotatable bonds is 4. The second-order valence-corrected chi connectivity index (χ2v) is 6.20. The van der Waals surface area contributed by atoms with Gasteiger partial charge in [0.15, 0.2) is 0 Å². The summed E-state index contributed by atoms with van der Waals surface area (Å²) in [6.07, 6.45) is 2.86. The first-order chi connectivity index (χ1) is 12.5. The second-order valence-electron chi connectivity index (χ2n) is 6.20. The van der Waals surface area contributed by atoms with Gasteiger partial charge in [-0.25, -0.2) is 0 Å². The molecule has 0 unspecified atom stereocenters. The zero-order valence-corrected chi connectivity index (χ0v) is 14.3. The first-order valence-electron chi connectivity index (χ1n) is 8.28. The van der Waals surface area contributed by atoms with Gasteiger partial charge in [0.25, 0.3) is 11.6 Å². The molecule has 26 heavy (non-hydrogen) atoms. The molecule has 1 aromatic carbocycles. The number of piperidine rings is 1. The summed E-state index contributed by atoms with van der Waals surface area (Å²) < 4.78 is 5.18. The lowest BCUT2D eigenvalue weighted by molar-refractivity contribution is -0.384. The largest absolute Gasteiger partial charge is 0.469 e. The minimum absolute atomic E-state index is 0.0242. The molecule has 0 atom stereocenters. The molecule has 0 bridgehead atoms. The first-order valence-corrected chi connectivity index (χ1v) is 8.28. The number of nitriles is 1. The molecule has 1 N–H and O–H groups in total. The van der Waals surface area contributed by atoms with Gasteiger partial charge < -0.3 is 14.6 Å². The van der Waals surface area contributed by atoms with Gasteiger partial charge in [-0.1, -0.05) is 0 Å². The van der Waals surface area contributed by atoms with Crippen LogP contribution in [0.25, 0.3) is 0 Å². The summed E-state index contributed by atoms with van der Waals surface area (Å²) >= 11 is 0. The van der Waals surface area contributed by atoms with E-state index in [1.54, 1.807) is 30.0 Å². The molecule has 0 aliphatic carbocycles. The number of furan rings is 1. The van der Waals surface area contributed by atoms with Gasteiger partial charge >= 0.3 is 0 Å². The van der Waals surface area contributed by atoms with Gasteiger partial charge in [-0.2, -0.15) is 5.26 Å². The van der Waals surface area contributed by atoms with Crippen molar-refractivity contribution in [1.82, 2.24) is 4.90 Å². The SMILES string of the molecule is Cc1occc1C(=O)N1CCC(Nc2ccc(C#N)cc2[N+](=O)[O-])CC1. The molecule has 0 radical (unpaired) electrons. The van der Waals surface area contributed by atoms with Crippen LogP contribution in [0.3, 0.4) is 0 Å². The van der Waals surface area contributed by atoms with E-state index >= 15 is 0 Å². The molecule has 1 aliphatic heterocycles. The third kappa shape index (κ3) is 3.52. The summed E-state index contributed by atoms with van der Waals surface area (Å²) in [7, 11) is 0. The number of carbonyl (C=O) groups excluding carboxylic acids is 1. The Morgan fingerprint density at radius 2 is 2.12 bits per heavy atom. The number of nitro benzene ring substituents is 1. The lowest BCUT2D eigenvalue weighted by Gasteiger charge is -2.32. The van der Waals surface area contributed by atoms with Crippen LogP contribution in [0.1, 0.15) is 34.5 Å². The number of hydrogen-bond donors (Lipinski definition) is 1. The molecule has 1 saturated heterocycles. The van der Waals surface area contributed by atoms with Crippen molar-refractivity contribution in [2.75, 3.05) is 18.4 Å². The number of likely N-dealkylation sites (tertiary alicyclic amines) is 1. The number of carbonyl (C=O) groups is 1. The maximum absolute atomic E-state index is 12.5. The van der Waals surface area contributed by atoms with E-state index in [0.29, 0.717) is 42.9 Å². The van der Waals surface area contributed by atoms with Crippen molar-refractivity contribution in [3.63, 3.8) is 0 Å². The van der Waals surface area contributed by atoms with Crippen LogP contribution < -0.4 is 5.32 Å². The van der Waals surface area contributed by atoms with Crippen molar-refractivity contribution < 1.29 is 14.1 Å². The molecule has 3 rings (SSSR count). The van der Waals surface area contributed by atoms with E-state index in [9.17, 15) is 14.9 Å². The van der Waals surface area contributed by atoms with E-state index in [-0.39, 0.29) is 23.2 Å². The minimum atomic E-state index is -0.497. The Bertz CT molecular complexity index is 876. The summed E-state index contributed by atoms with van der Waals surface area (Å²) in [5.74, 6) is 0.544. The van der Waals surface area contributed by atoms with Crippen LogP contribution in [0.2, 0.25) is 0 Å². The third-order valence-electron chi connectivity index (χ3n) is 4.55. The van der Waals surface area contributed by atoms with Crippen LogP contribution in [-0.4, -0.2) is 34.9 Å². The minimum Gasteiger partial charge on any atom is -0.469 e. The van der Waals surface area contributed by atoms with E-state index in [0.717, 1.165) is 0 Å². The van der Waals surface area contributed by atoms with E-state index in [4.69, 9.17) is 9.68 Å². The average molecular weight is 354 g/mol. The highest BCUT2D eigenvalue weighted by Crippen LogP contribution is 2.28. The van der Waals surface area contributed by atoms with Crippen LogP contribution in [0.4, 0.5) is 11.4 Å². The number of hydrogen-bond acceptors (Lipinski definition) is 6. The highest BCUT2D eigenvalue weighted by Gasteiger charge is 2.26. The molecule has 2 heterocycles. The molecular formula is C18H18N4O4. The molecule has 0 spiro atoms. The molecule has 8 heteroatoms. The maximum Gasteiger partial charge on any atom is 0.293 e. The number of nitrogens with zero attached hydrogens (tertiary/aromatic N) is 3. The number of anilines is 1. The maximum atomic E-state index is 12.5. The summed E-state index contributed by atoms with van der Waals surface area (Å²) in [6.45, 7) is 2.88. The fourth-order valence-electron chi connectivity index (χ4n) is 3.10. The summed E-state index contributed by atoms with van der Waals surface area (Å²) in [5.41, 5.74) is 1.10. The molecule has 1 amide bonds. The fraction of sp³-hybridized carbons (Fsp3) is 0.333. The highest BCUT2D eigenvalue weighted by molar-refractivity contribution is 5.95. The summed E-state index contributed by atoms with van der Waals surface area (Å²) in [6, 6.07) is 7.97. The van der Waals surface area contributed by atoms with Crippen LogP contribution in [0.15, 0.2) is 34.9 Å². The summed E-state index contributed by atoms with van der Waals surface area (Å²) in [4.78, 5) is 25.0. The van der Waals surface area contributed by atoms with Crippen molar-refractivity contribution in [2.24, 2.45) is 0 Å². The lowest BCUT2D eigenvalue weighted by atomic mass is 10.0. The number of nitro groups is 1. The van der Waals surface area contributed by atoms with Crippen molar-refractivity contribution in [2.45, 2.75) is 25.8 Å². The topological polar surface area (TPSA) is 112 Å². The number of benzene rings is 1. The zero-order valence-electron chi connectivity index (χ0n) is 14.3. The third-order valence-corrected chi connectivity index (χ3v) is 4.55. The summed E-state index contributed by atoms with van der Waals surface area (Å²) in [5, 5.41) is 23.3. The number of aryl methyl sites for hydroxylation is 1. The highest BCUT2D eigenvalue weighted by atomic mass is 16.6. The first kappa shape index (κ1) is 17.5. The monoisotopic (exact) mass is 354 g/mol. The van der Waals surface area contributed by atoms with Crippen molar-refractivity contribution in [3.8, 4) is 6.07 Å². The molecule has 1 fully saturated rings. The Hall–Kier alpha value is -3.34. The van der Waals surface area contributed by atoms with E-state index < -0.39 is 4.92 Å². The molecule has 2 aromatic rings. The van der Waals surface area contributed by atoms with Gasteiger partial charge in [-0.05, 0) is 38.0 Å². The normalized spacial score (nSPS) is 14.7. The van der Waals surface area contributed by atoms with E-state index in [2.05, 4.69) is 5.32 Å². The van der Waals surface area contributed by atoms with E-state index in [1.807, 2.05) is 6.07 Å². The van der Waals surface area contributed by atoms with Crippen LogP contribution >= 0.6 is 0 Å². The van der Waals surface area contributed by atoms with Crippen molar-refractivity contribution in [3.05, 3.63) is 57.5 Å². The van der Waals surface area contributed by atoms with Crippen LogP contribution in [0.5, 0.6) is 0 Å². The molecule has 8 nitrogen and oxygen atoms in total. The standard InChI is InChI=1S/C18H18N4O4/c1-12-15(6-9-26-12)18(23)21-7-4-14(5-8-21)20-16-3-2-13(11-19)10-17(16)22(24)25/h2-3,6,9-10,14,20H,4-5,7-8H2,1H3. The Kier molecular flexibility index (Phi) is 4.89. The van der Waals surface area contributed by atoms with Gasteiger partial charge in [-0.15, -0.1) is 0 Å². The Morgan fingerprint density at radius 1 is 1.38 bits per heavy atom. The molecule has 0 saturated carbocycles. The van der Waals surface area contributed by atoms with Gasteiger partial charge in [0.1, 0.15) is 11.4 Å². The average Bonchev–Trinajstić information content (AvgIpc) is 3.08.